The molecule has 0 aliphatic heterocycles. The Balaban J connectivity index is 2.41. The smallest absolute Gasteiger partial charge is 0.240 e. The highest BCUT2D eigenvalue weighted by molar-refractivity contribution is 7.92. The van der Waals surface area contributed by atoms with Gasteiger partial charge in [0.25, 0.3) is 0 Å². The molecule has 0 saturated carbocycles. The SMILES string of the molecule is CCC(C)NC(=O)CN(c1cccc2ccccc12)S(C)(=O)=O. The number of benzene rings is 2. The molecule has 0 radical (unpaired) electrons. The van der Waals surface area contributed by atoms with Crippen LogP contribution in [0, 0.1) is 0 Å². The lowest BCUT2D eigenvalue weighted by Gasteiger charge is -2.24. The number of fused-ring (bicyclic) bond motifs is 1. The Kier molecular flexibility index (Phi) is 5.26. The van der Waals surface area contributed by atoms with Crippen LogP contribution in [0.5, 0.6) is 0 Å². The van der Waals surface area contributed by atoms with Gasteiger partial charge in [-0.15, -0.1) is 0 Å². The minimum atomic E-state index is -3.57. The van der Waals surface area contributed by atoms with Crippen LogP contribution in [0.25, 0.3) is 10.8 Å². The van der Waals surface area contributed by atoms with Crippen molar-refractivity contribution in [2.24, 2.45) is 0 Å². The molecule has 1 N–H and O–H groups in total. The Labute approximate surface area is 137 Å². The number of amides is 1. The molecule has 0 fully saturated rings. The van der Waals surface area contributed by atoms with E-state index in [4.69, 9.17) is 0 Å². The molecule has 2 rings (SSSR count). The third-order valence-corrected chi connectivity index (χ3v) is 4.87. The molecule has 124 valence electrons. The fraction of sp³-hybridized carbons (Fsp3) is 0.353. The molecule has 2 aromatic rings. The van der Waals surface area contributed by atoms with Gasteiger partial charge in [0, 0.05) is 11.4 Å². The summed E-state index contributed by atoms with van der Waals surface area (Å²) in [5.41, 5.74) is 0.518. The van der Waals surface area contributed by atoms with Crippen molar-refractivity contribution >= 4 is 32.4 Å². The van der Waals surface area contributed by atoms with E-state index in [1.165, 1.54) is 0 Å². The summed E-state index contributed by atoms with van der Waals surface area (Å²) in [6.45, 7) is 3.63. The molecule has 5 nitrogen and oxygen atoms in total. The van der Waals surface area contributed by atoms with Gasteiger partial charge in [-0.05, 0) is 24.8 Å². The second kappa shape index (κ2) is 7.00. The lowest BCUT2D eigenvalue weighted by atomic mass is 10.1. The second-order valence-electron chi connectivity index (χ2n) is 5.64. The predicted octanol–water partition coefficient (Wildman–Crippen LogP) is 2.52. The predicted molar refractivity (Wildman–Crippen MR) is 94.0 cm³/mol. The zero-order valence-corrected chi connectivity index (χ0v) is 14.4. The van der Waals surface area contributed by atoms with E-state index in [2.05, 4.69) is 5.32 Å². The van der Waals surface area contributed by atoms with Crippen LogP contribution in [0.3, 0.4) is 0 Å². The minimum Gasteiger partial charge on any atom is -0.352 e. The van der Waals surface area contributed by atoms with Crippen molar-refractivity contribution in [3.05, 3.63) is 42.5 Å². The normalized spacial score (nSPS) is 12.8. The van der Waals surface area contributed by atoms with Crippen LogP contribution in [0.15, 0.2) is 42.5 Å². The third-order valence-electron chi connectivity index (χ3n) is 3.74. The first kappa shape index (κ1) is 17.3. The van der Waals surface area contributed by atoms with Crippen molar-refractivity contribution in [2.75, 3.05) is 17.1 Å². The molecular formula is C17H22N2O3S. The Morgan fingerprint density at radius 2 is 1.83 bits per heavy atom. The van der Waals surface area contributed by atoms with Gasteiger partial charge in [-0.3, -0.25) is 9.10 Å². The maximum Gasteiger partial charge on any atom is 0.240 e. The summed E-state index contributed by atoms with van der Waals surface area (Å²) in [4.78, 5) is 12.2. The fourth-order valence-corrected chi connectivity index (χ4v) is 3.23. The molecule has 0 aliphatic rings. The first-order valence-corrected chi connectivity index (χ1v) is 9.42. The first-order chi connectivity index (χ1) is 10.8. The highest BCUT2D eigenvalue weighted by Crippen LogP contribution is 2.28. The van der Waals surface area contributed by atoms with Crippen LogP contribution in [0.4, 0.5) is 5.69 Å². The minimum absolute atomic E-state index is 0.0106. The molecule has 1 unspecified atom stereocenters. The Morgan fingerprint density at radius 1 is 1.17 bits per heavy atom. The molecule has 0 saturated heterocycles. The van der Waals surface area contributed by atoms with Gasteiger partial charge in [-0.1, -0.05) is 43.3 Å². The molecule has 1 atom stereocenters. The van der Waals surface area contributed by atoms with Crippen molar-refractivity contribution in [2.45, 2.75) is 26.3 Å². The van der Waals surface area contributed by atoms with Gasteiger partial charge in [0.1, 0.15) is 6.54 Å². The van der Waals surface area contributed by atoms with E-state index < -0.39 is 10.0 Å². The average molecular weight is 334 g/mol. The van der Waals surface area contributed by atoms with Crippen molar-refractivity contribution < 1.29 is 13.2 Å². The highest BCUT2D eigenvalue weighted by atomic mass is 32.2. The lowest BCUT2D eigenvalue weighted by Crippen LogP contribution is -2.43. The average Bonchev–Trinajstić information content (AvgIpc) is 2.51. The summed E-state index contributed by atoms with van der Waals surface area (Å²) >= 11 is 0. The second-order valence-corrected chi connectivity index (χ2v) is 7.55. The molecule has 0 spiro atoms. The summed E-state index contributed by atoms with van der Waals surface area (Å²) in [6, 6.07) is 13.0. The van der Waals surface area contributed by atoms with Crippen LogP contribution in [-0.4, -0.2) is 33.2 Å². The zero-order valence-electron chi connectivity index (χ0n) is 13.6. The molecule has 0 bridgehead atoms. The van der Waals surface area contributed by atoms with E-state index >= 15 is 0 Å². The van der Waals surface area contributed by atoms with E-state index in [0.717, 1.165) is 27.8 Å². The van der Waals surface area contributed by atoms with E-state index in [1.54, 1.807) is 12.1 Å². The Hall–Kier alpha value is -2.08. The number of carbonyl (C=O) groups is 1. The summed E-state index contributed by atoms with van der Waals surface area (Å²) < 4.78 is 25.6. The molecular weight excluding hydrogens is 312 g/mol. The van der Waals surface area contributed by atoms with Crippen LogP contribution in [0.1, 0.15) is 20.3 Å². The Bertz CT molecular complexity index is 797. The Morgan fingerprint density at radius 3 is 2.48 bits per heavy atom. The monoisotopic (exact) mass is 334 g/mol. The standard InChI is InChI=1S/C17H22N2O3S/c1-4-13(2)18-17(20)12-19(23(3,21)22)16-11-7-9-14-8-5-6-10-15(14)16/h5-11,13H,4,12H2,1-3H3,(H,18,20). The van der Waals surface area contributed by atoms with Gasteiger partial charge in [0.05, 0.1) is 11.9 Å². The van der Waals surface area contributed by atoms with Crippen molar-refractivity contribution in [3.63, 3.8) is 0 Å². The van der Waals surface area contributed by atoms with Crippen LogP contribution in [0.2, 0.25) is 0 Å². The molecule has 0 heterocycles. The van der Waals surface area contributed by atoms with E-state index in [0.29, 0.717) is 5.69 Å². The number of sulfonamides is 1. The van der Waals surface area contributed by atoms with Gasteiger partial charge in [0.2, 0.25) is 15.9 Å². The van der Waals surface area contributed by atoms with E-state index in [-0.39, 0.29) is 18.5 Å². The quantitative estimate of drug-likeness (QED) is 0.883. The van der Waals surface area contributed by atoms with Crippen LogP contribution >= 0.6 is 0 Å². The molecule has 6 heteroatoms. The maximum absolute atomic E-state index is 12.2. The van der Waals surface area contributed by atoms with Crippen molar-refractivity contribution in [3.8, 4) is 0 Å². The number of nitrogens with one attached hydrogen (secondary N) is 1. The maximum atomic E-state index is 12.2. The fourth-order valence-electron chi connectivity index (χ4n) is 2.36. The van der Waals surface area contributed by atoms with E-state index in [1.807, 2.05) is 44.2 Å². The third kappa shape index (κ3) is 4.22. The number of nitrogens with zero attached hydrogens (tertiary/aromatic N) is 1. The van der Waals surface area contributed by atoms with Crippen molar-refractivity contribution in [1.82, 2.24) is 5.32 Å². The van der Waals surface area contributed by atoms with Crippen molar-refractivity contribution in [1.29, 1.82) is 0 Å². The summed E-state index contributed by atoms with van der Waals surface area (Å²) in [6.07, 6.45) is 1.91. The van der Waals surface area contributed by atoms with E-state index in [9.17, 15) is 13.2 Å². The number of hydrogen-bond acceptors (Lipinski definition) is 3. The molecule has 1 amide bonds. The summed E-state index contributed by atoms with van der Waals surface area (Å²) in [5.74, 6) is -0.308. The largest absolute Gasteiger partial charge is 0.352 e. The number of hydrogen-bond donors (Lipinski definition) is 1. The topological polar surface area (TPSA) is 66.5 Å². The molecule has 0 aromatic heterocycles. The number of anilines is 1. The van der Waals surface area contributed by atoms with Gasteiger partial charge in [-0.25, -0.2) is 8.42 Å². The zero-order chi connectivity index (χ0) is 17.0. The van der Waals surface area contributed by atoms with Gasteiger partial charge < -0.3 is 5.32 Å². The molecule has 23 heavy (non-hydrogen) atoms. The highest BCUT2D eigenvalue weighted by Gasteiger charge is 2.22. The molecule has 0 aliphatic carbocycles. The van der Waals surface area contributed by atoms with Crippen LogP contribution < -0.4 is 9.62 Å². The van der Waals surface area contributed by atoms with Gasteiger partial charge >= 0.3 is 0 Å². The molecule has 2 aromatic carbocycles. The lowest BCUT2D eigenvalue weighted by molar-refractivity contribution is -0.120. The van der Waals surface area contributed by atoms with Gasteiger partial charge in [-0.2, -0.15) is 0 Å². The van der Waals surface area contributed by atoms with Crippen LogP contribution in [-0.2, 0) is 14.8 Å². The summed E-state index contributed by atoms with van der Waals surface area (Å²) in [7, 11) is -3.57. The number of carbonyl (C=O) groups excluding carboxylic acids is 1. The number of rotatable bonds is 6. The van der Waals surface area contributed by atoms with Gasteiger partial charge in [0.15, 0.2) is 0 Å². The first-order valence-electron chi connectivity index (χ1n) is 7.57. The summed E-state index contributed by atoms with van der Waals surface area (Å²) in [5, 5.41) is 4.54.